The summed E-state index contributed by atoms with van der Waals surface area (Å²) < 4.78 is 5.94. The molecule has 5 heteroatoms. The molecule has 0 aromatic carbocycles. The van der Waals surface area contributed by atoms with E-state index in [2.05, 4.69) is 10.6 Å². The zero-order chi connectivity index (χ0) is 16.5. The van der Waals surface area contributed by atoms with E-state index < -0.39 is 0 Å². The van der Waals surface area contributed by atoms with Gasteiger partial charge in [0.25, 0.3) is 0 Å². The van der Waals surface area contributed by atoms with E-state index in [9.17, 15) is 0 Å². The normalized spacial score (nSPS) is 34.6. The van der Waals surface area contributed by atoms with Gasteiger partial charge in [-0.25, -0.2) is 0 Å². The summed E-state index contributed by atoms with van der Waals surface area (Å²) in [6, 6.07) is 0.378. The van der Waals surface area contributed by atoms with Crippen molar-refractivity contribution >= 4 is 23.2 Å². The second-order valence-corrected chi connectivity index (χ2v) is 8.51. The molecular formula is C19H26Cl2N2O. The Balaban J connectivity index is 1.78. The maximum Gasteiger partial charge on any atom is 0.0720 e. The molecule has 4 aliphatic rings. The molecule has 0 saturated carbocycles. The Bertz CT molecular complexity index is 588. The maximum absolute atomic E-state index is 6.47. The monoisotopic (exact) mass is 368 g/mol. The van der Waals surface area contributed by atoms with Crippen molar-refractivity contribution in [3.8, 4) is 0 Å². The lowest BCUT2D eigenvalue weighted by Crippen LogP contribution is -2.39. The molecule has 4 rings (SSSR count). The molecule has 3 atom stereocenters. The molecule has 1 saturated heterocycles. The fourth-order valence-corrected chi connectivity index (χ4v) is 5.21. The number of rotatable bonds is 0. The first kappa shape index (κ1) is 17.0. The summed E-state index contributed by atoms with van der Waals surface area (Å²) in [7, 11) is 0. The van der Waals surface area contributed by atoms with Gasteiger partial charge in [0.2, 0.25) is 0 Å². The summed E-state index contributed by atoms with van der Waals surface area (Å²) in [5.74, 6) is 0.570. The van der Waals surface area contributed by atoms with Gasteiger partial charge in [-0.2, -0.15) is 0 Å². The number of allylic oxidation sites excluding steroid dienone is 2. The first-order chi connectivity index (χ1) is 11.7. The molecule has 1 aliphatic carbocycles. The van der Waals surface area contributed by atoms with E-state index in [0.717, 1.165) is 50.2 Å². The molecular weight excluding hydrogens is 343 g/mol. The van der Waals surface area contributed by atoms with E-state index in [1.54, 1.807) is 5.57 Å². The zero-order valence-corrected chi connectivity index (χ0v) is 15.6. The molecule has 3 aliphatic heterocycles. The van der Waals surface area contributed by atoms with E-state index in [0.29, 0.717) is 25.2 Å². The van der Waals surface area contributed by atoms with Crippen molar-refractivity contribution < 1.29 is 4.74 Å². The Hall–Kier alpha value is -0.480. The summed E-state index contributed by atoms with van der Waals surface area (Å²) in [5, 5.41) is 8.17. The van der Waals surface area contributed by atoms with E-state index >= 15 is 0 Å². The highest BCUT2D eigenvalue weighted by Gasteiger charge is 2.36. The van der Waals surface area contributed by atoms with E-state index in [1.807, 2.05) is 6.20 Å². The highest BCUT2D eigenvalue weighted by atomic mass is 35.5. The number of ether oxygens (including phenoxy) is 1. The van der Waals surface area contributed by atoms with Gasteiger partial charge in [0.1, 0.15) is 0 Å². The van der Waals surface area contributed by atoms with Crippen LogP contribution in [0, 0.1) is 5.92 Å². The number of fused-ring (bicyclic) bond motifs is 1. The Morgan fingerprint density at radius 1 is 1.08 bits per heavy atom. The third-order valence-electron chi connectivity index (χ3n) is 5.83. The number of nitrogens with one attached hydrogen (secondary N) is 2. The van der Waals surface area contributed by atoms with Gasteiger partial charge < -0.3 is 15.4 Å². The average Bonchev–Trinajstić information content (AvgIpc) is 2.85. The standard InChI is InChI=1S/C19H26Cl2N2O/c20-15-8-14-2-1-13-7-16(21)10-24-11-17(13)18(19(14)23-9-15)12-3-5-22-6-4-12/h9,14,16,19,22-23H,1-8,10-11H2/t14?,16?,19-/m0/s1. The van der Waals surface area contributed by atoms with Crippen LogP contribution in [0.1, 0.15) is 38.5 Å². The summed E-state index contributed by atoms with van der Waals surface area (Å²) in [4.78, 5) is 0. The summed E-state index contributed by atoms with van der Waals surface area (Å²) >= 11 is 12.8. The number of hydrogen-bond acceptors (Lipinski definition) is 3. The minimum absolute atomic E-state index is 0.103. The minimum atomic E-state index is 0.103. The predicted octanol–water partition coefficient (Wildman–Crippen LogP) is 3.84. The molecule has 1 fully saturated rings. The highest BCUT2D eigenvalue weighted by Crippen LogP contribution is 2.42. The number of halogens is 2. The van der Waals surface area contributed by atoms with Gasteiger partial charge in [0.15, 0.2) is 0 Å². The van der Waals surface area contributed by atoms with Gasteiger partial charge >= 0.3 is 0 Å². The van der Waals surface area contributed by atoms with E-state index in [4.69, 9.17) is 27.9 Å². The van der Waals surface area contributed by atoms with Crippen molar-refractivity contribution in [2.75, 3.05) is 26.3 Å². The van der Waals surface area contributed by atoms with Crippen molar-refractivity contribution in [1.29, 1.82) is 0 Å². The molecule has 132 valence electrons. The Morgan fingerprint density at radius 2 is 1.92 bits per heavy atom. The van der Waals surface area contributed by atoms with Crippen LogP contribution in [0.15, 0.2) is 33.5 Å². The molecule has 0 amide bonds. The Labute approximate surface area is 154 Å². The summed E-state index contributed by atoms with van der Waals surface area (Å²) in [5.41, 5.74) is 6.11. The molecule has 3 nitrogen and oxygen atoms in total. The number of piperidine rings is 1. The maximum atomic E-state index is 6.47. The summed E-state index contributed by atoms with van der Waals surface area (Å²) in [6.45, 7) is 3.53. The Kier molecular flexibility index (Phi) is 5.24. The molecule has 0 spiro atoms. The molecule has 0 aromatic heterocycles. The van der Waals surface area contributed by atoms with Crippen molar-refractivity contribution in [3.63, 3.8) is 0 Å². The van der Waals surface area contributed by atoms with Gasteiger partial charge in [-0.3, -0.25) is 0 Å². The second kappa shape index (κ2) is 7.41. The van der Waals surface area contributed by atoms with E-state index in [-0.39, 0.29) is 5.38 Å². The largest absolute Gasteiger partial charge is 0.383 e. The quantitative estimate of drug-likeness (QED) is 0.637. The van der Waals surface area contributed by atoms with Crippen LogP contribution >= 0.6 is 23.2 Å². The van der Waals surface area contributed by atoms with Gasteiger partial charge in [-0.1, -0.05) is 22.7 Å². The lowest BCUT2D eigenvalue weighted by Gasteiger charge is -2.35. The molecule has 24 heavy (non-hydrogen) atoms. The average molecular weight is 369 g/mol. The van der Waals surface area contributed by atoms with Crippen molar-refractivity contribution in [2.45, 2.75) is 49.9 Å². The first-order valence-corrected chi connectivity index (χ1v) is 10.00. The topological polar surface area (TPSA) is 33.3 Å². The molecule has 0 aromatic rings. The fourth-order valence-electron chi connectivity index (χ4n) is 4.67. The molecule has 3 heterocycles. The van der Waals surface area contributed by atoms with Crippen LogP contribution in [0.3, 0.4) is 0 Å². The molecule has 0 radical (unpaired) electrons. The van der Waals surface area contributed by atoms with Crippen LogP contribution in [0.4, 0.5) is 0 Å². The SMILES string of the molecule is ClC1=CN[C@@H]2C(=C3CCNCC3)C3=C(CCC2C1)CC(Cl)COC3. The van der Waals surface area contributed by atoms with Gasteiger partial charge in [0.05, 0.1) is 24.6 Å². The lowest BCUT2D eigenvalue weighted by molar-refractivity contribution is 0.161. The smallest absolute Gasteiger partial charge is 0.0720 e. The third kappa shape index (κ3) is 3.41. The van der Waals surface area contributed by atoms with Crippen LogP contribution in [-0.2, 0) is 4.74 Å². The van der Waals surface area contributed by atoms with Crippen LogP contribution in [-0.4, -0.2) is 37.7 Å². The third-order valence-corrected chi connectivity index (χ3v) is 6.37. The molecule has 2 N–H and O–H groups in total. The lowest BCUT2D eigenvalue weighted by atomic mass is 9.81. The number of hydrogen-bond donors (Lipinski definition) is 2. The van der Waals surface area contributed by atoms with Crippen molar-refractivity contribution in [2.24, 2.45) is 5.92 Å². The van der Waals surface area contributed by atoms with Crippen LogP contribution < -0.4 is 10.6 Å². The van der Waals surface area contributed by atoms with Crippen molar-refractivity contribution in [1.82, 2.24) is 10.6 Å². The fraction of sp³-hybridized carbons (Fsp3) is 0.684. The molecule has 0 bridgehead atoms. The second-order valence-electron chi connectivity index (χ2n) is 7.40. The minimum Gasteiger partial charge on any atom is -0.383 e. The Morgan fingerprint density at radius 3 is 2.75 bits per heavy atom. The van der Waals surface area contributed by atoms with E-state index in [1.165, 1.54) is 23.1 Å². The van der Waals surface area contributed by atoms with Gasteiger partial charge in [-0.05, 0) is 68.7 Å². The van der Waals surface area contributed by atoms with Crippen LogP contribution in [0.5, 0.6) is 0 Å². The van der Waals surface area contributed by atoms with Gasteiger partial charge in [0, 0.05) is 11.2 Å². The highest BCUT2D eigenvalue weighted by molar-refractivity contribution is 6.29. The predicted molar refractivity (Wildman–Crippen MR) is 99.4 cm³/mol. The van der Waals surface area contributed by atoms with Crippen LogP contribution in [0.2, 0.25) is 0 Å². The number of alkyl halides is 1. The van der Waals surface area contributed by atoms with Crippen LogP contribution in [0.25, 0.3) is 0 Å². The summed E-state index contributed by atoms with van der Waals surface area (Å²) in [6.07, 6.45) is 8.55. The molecule has 2 unspecified atom stereocenters. The van der Waals surface area contributed by atoms with Gasteiger partial charge in [-0.15, -0.1) is 11.6 Å². The zero-order valence-electron chi connectivity index (χ0n) is 14.0. The first-order valence-electron chi connectivity index (χ1n) is 9.18. The van der Waals surface area contributed by atoms with Crippen molar-refractivity contribution in [3.05, 3.63) is 33.5 Å².